The highest BCUT2D eigenvalue weighted by Gasteiger charge is 2.23. The molecular weight excluding hydrogens is 228 g/mol. The number of nitrogens with one attached hydrogen (secondary N) is 1. The van der Waals surface area contributed by atoms with Gasteiger partial charge in [-0.1, -0.05) is 28.9 Å². The maximum atomic E-state index is 11.6. The van der Waals surface area contributed by atoms with Gasteiger partial charge < -0.3 is 10.5 Å². The van der Waals surface area contributed by atoms with Crippen LogP contribution in [0.3, 0.4) is 0 Å². The maximum Gasteiger partial charge on any atom is 0.251 e. The highest BCUT2D eigenvalue weighted by Crippen LogP contribution is 2.19. The summed E-state index contributed by atoms with van der Waals surface area (Å²) in [5.41, 5.74) is 1.16. The quantitative estimate of drug-likeness (QED) is 0.480. The van der Waals surface area contributed by atoms with Gasteiger partial charge in [-0.15, -0.1) is 0 Å². The Labute approximate surface area is 97.9 Å². The molecule has 0 radical (unpaired) electrons. The standard InChI is InChI=1S/C11H11ClN2O2/c12-10(14-16)7-1-3-8(4-2-7)11(15)13-9-5-6-9/h1-4,9,16H,5-6H2,(H,13,15). The molecule has 1 aliphatic rings. The zero-order chi connectivity index (χ0) is 11.5. The zero-order valence-corrected chi connectivity index (χ0v) is 9.24. The summed E-state index contributed by atoms with van der Waals surface area (Å²) >= 11 is 5.62. The van der Waals surface area contributed by atoms with Crippen LogP contribution in [0.15, 0.2) is 29.4 Å². The number of rotatable bonds is 3. The van der Waals surface area contributed by atoms with Crippen LogP contribution in [0.5, 0.6) is 0 Å². The van der Waals surface area contributed by atoms with Crippen LogP contribution in [-0.4, -0.2) is 22.3 Å². The number of carbonyl (C=O) groups is 1. The summed E-state index contributed by atoms with van der Waals surface area (Å²) in [4.78, 5) is 11.6. The monoisotopic (exact) mass is 238 g/mol. The molecule has 0 aliphatic heterocycles. The van der Waals surface area contributed by atoms with Gasteiger partial charge in [0.2, 0.25) is 0 Å². The molecule has 1 aromatic rings. The predicted molar refractivity (Wildman–Crippen MR) is 61.1 cm³/mol. The molecule has 16 heavy (non-hydrogen) atoms. The van der Waals surface area contributed by atoms with E-state index in [-0.39, 0.29) is 11.1 Å². The van der Waals surface area contributed by atoms with E-state index < -0.39 is 0 Å². The average Bonchev–Trinajstić information content (AvgIpc) is 3.12. The first-order chi connectivity index (χ1) is 7.70. The van der Waals surface area contributed by atoms with Crippen molar-refractivity contribution in [1.82, 2.24) is 5.32 Å². The number of halogens is 1. The van der Waals surface area contributed by atoms with Crippen LogP contribution >= 0.6 is 11.6 Å². The summed E-state index contributed by atoms with van der Waals surface area (Å²) in [7, 11) is 0. The van der Waals surface area contributed by atoms with E-state index >= 15 is 0 Å². The van der Waals surface area contributed by atoms with Gasteiger partial charge in [0, 0.05) is 17.2 Å². The lowest BCUT2D eigenvalue weighted by molar-refractivity contribution is 0.0951. The van der Waals surface area contributed by atoms with Gasteiger partial charge in [0.1, 0.15) is 0 Å². The molecule has 1 aromatic carbocycles. The molecule has 0 spiro atoms. The van der Waals surface area contributed by atoms with E-state index in [0.717, 1.165) is 12.8 Å². The lowest BCUT2D eigenvalue weighted by atomic mass is 10.1. The first kappa shape index (κ1) is 11.0. The van der Waals surface area contributed by atoms with E-state index in [9.17, 15) is 4.79 Å². The molecule has 0 heterocycles. The third kappa shape index (κ3) is 2.52. The third-order valence-corrected chi connectivity index (χ3v) is 2.68. The number of amides is 1. The van der Waals surface area contributed by atoms with Crippen molar-refractivity contribution < 1.29 is 10.0 Å². The number of carbonyl (C=O) groups excluding carboxylic acids is 1. The highest BCUT2D eigenvalue weighted by atomic mass is 35.5. The van der Waals surface area contributed by atoms with Crippen molar-refractivity contribution in [2.45, 2.75) is 18.9 Å². The Bertz CT molecular complexity index is 424. The Kier molecular flexibility index (Phi) is 3.10. The Morgan fingerprint density at radius 1 is 1.31 bits per heavy atom. The molecule has 0 atom stereocenters. The number of hydrogen-bond acceptors (Lipinski definition) is 3. The lowest BCUT2D eigenvalue weighted by Gasteiger charge is -2.03. The van der Waals surface area contributed by atoms with Gasteiger partial charge in [-0.2, -0.15) is 0 Å². The second-order valence-corrected chi connectivity index (χ2v) is 4.07. The molecule has 84 valence electrons. The number of hydrogen-bond donors (Lipinski definition) is 2. The van der Waals surface area contributed by atoms with Crippen LogP contribution in [0.1, 0.15) is 28.8 Å². The lowest BCUT2D eigenvalue weighted by Crippen LogP contribution is -2.25. The van der Waals surface area contributed by atoms with E-state index in [1.54, 1.807) is 24.3 Å². The van der Waals surface area contributed by atoms with E-state index in [1.165, 1.54) is 0 Å². The fourth-order valence-electron chi connectivity index (χ4n) is 1.31. The Morgan fingerprint density at radius 2 is 1.88 bits per heavy atom. The van der Waals surface area contributed by atoms with E-state index in [1.807, 2.05) is 0 Å². The molecule has 2 rings (SSSR count). The van der Waals surface area contributed by atoms with Crippen molar-refractivity contribution in [1.29, 1.82) is 0 Å². The van der Waals surface area contributed by atoms with Crippen LogP contribution in [0, 0.1) is 0 Å². The highest BCUT2D eigenvalue weighted by molar-refractivity contribution is 6.69. The van der Waals surface area contributed by atoms with Gasteiger partial charge in [-0.05, 0) is 25.0 Å². The van der Waals surface area contributed by atoms with Gasteiger partial charge in [-0.3, -0.25) is 4.79 Å². The average molecular weight is 239 g/mol. The van der Waals surface area contributed by atoms with Crippen LogP contribution in [-0.2, 0) is 0 Å². The normalized spacial score (nSPS) is 15.9. The Balaban J connectivity index is 2.08. The molecule has 4 nitrogen and oxygen atoms in total. The van der Waals surface area contributed by atoms with E-state index in [2.05, 4.69) is 10.5 Å². The molecule has 1 saturated carbocycles. The van der Waals surface area contributed by atoms with Gasteiger partial charge in [0.05, 0.1) is 0 Å². The van der Waals surface area contributed by atoms with Crippen molar-refractivity contribution in [3.05, 3.63) is 35.4 Å². The third-order valence-electron chi connectivity index (χ3n) is 2.39. The van der Waals surface area contributed by atoms with Crippen LogP contribution in [0.4, 0.5) is 0 Å². The Morgan fingerprint density at radius 3 is 2.38 bits per heavy atom. The van der Waals surface area contributed by atoms with Crippen molar-refractivity contribution in [2.75, 3.05) is 0 Å². The van der Waals surface area contributed by atoms with Gasteiger partial charge in [0.25, 0.3) is 5.91 Å². The summed E-state index contributed by atoms with van der Waals surface area (Å²) in [6.45, 7) is 0. The first-order valence-corrected chi connectivity index (χ1v) is 5.37. The molecule has 1 amide bonds. The fourth-order valence-corrected chi connectivity index (χ4v) is 1.44. The van der Waals surface area contributed by atoms with Crippen LogP contribution in [0.25, 0.3) is 0 Å². The summed E-state index contributed by atoms with van der Waals surface area (Å²) in [6.07, 6.45) is 2.12. The molecule has 1 aliphatic carbocycles. The topological polar surface area (TPSA) is 61.7 Å². The van der Waals surface area contributed by atoms with E-state index in [0.29, 0.717) is 17.2 Å². The van der Waals surface area contributed by atoms with Gasteiger partial charge >= 0.3 is 0 Å². The molecule has 2 N–H and O–H groups in total. The predicted octanol–water partition coefficient (Wildman–Crippen LogP) is 1.95. The molecule has 5 heteroatoms. The zero-order valence-electron chi connectivity index (χ0n) is 8.48. The number of nitrogens with zero attached hydrogens (tertiary/aromatic N) is 1. The molecule has 1 fully saturated rings. The summed E-state index contributed by atoms with van der Waals surface area (Å²) in [5, 5.41) is 14.2. The van der Waals surface area contributed by atoms with E-state index in [4.69, 9.17) is 16.8 Å². The summed E-state index contributed by atoms with van der Waals surface area (Å²) in [6, 6.07) is 6.93. The smallest absolute Gasteiger partial charge is 0.251 e. The largest absolute Gasteiger partial charge is 0.410 e. The Hall–Kier alpha value is -1.55. The molecule has 0 aromatic heterocycles. The maximum absolute atomic E-state index is 11.6. The van der Waals surface area contributed by atoms with Gasteiger partial charge in [-0.25, -0.2) is 0 Å². The minimum Gasteiger partial charge on any atom is -0.410 e. The first-order valence-electron chi connectivity index (χ1n) is 4.99. The molecular formula is C11H11ClN2O2. The van der Waals surface area contributed by atoms with Crippen molar-refractivity contribution in [2.24, 2.45) is 5.16 Å². The fraction of sp³-hybridized carbons (Fsp3) is 0.273. The SMILES string of the molecule is O=C(NC1CC1)c1ccc(C(Cl)=NO)cc1. The molecule has 0 saturated heterocycles. The van der Waals surface area contributed by atoms with Crippen LogP contribution < -0.4 is 5.32 Å². The minimum atomic E-state index is -0.0777. The second kappa shape index (κ2) is 4.53. The summed E-state index contributed by atoms with van der Waals surface area (Å²) < 4.78 is 0. The molecule has 0 bridgehead atoms. The molecule has 0 unspecified atom stereocenters. The summed E-state index contributed by atoms with van der Waals surface area (Å²) in [5.74, 6) is -0.0777. The van der Waals surface area contributed by atoms with Gasteiger partial charge in [0.15, 0.2) is 5.17 Å². The number of benzene rings is 1. The van der Waals surface area contributed by atoms with Crippen LogP contribution in [0.2, 0.25) is 0 Å². The number of oxime groups is 1. The second-order valence-electron chi connectivity index (χ2n) is 3.72. The van der Waals surface area contributed by atoms with Crippen molar-refractivity contribution >= 4 is 22.7 Å². The minimum absolute atomic E-state index is 0.00847. The van der Waals surface area contributed by atoms with Crippen molar-refractivity contribution in [3.63, 3.8) is 0 Å². The van der Waals surface area contributed by atoms with Crippen molar-refractivity contribution in [3.8, 4) is 0 Å².